The highest BCUT2D eigenvalue weighted by atomic mass is 16.5. The predicted octanol–water partition coefficient (Wildman–Crippen LogP) is 1.50. The topological polar surface area (TPSA) is 65.2 Å². The first kappa shape index (κ1) is 10.4. The number of aromatic nitrogens is 2. The lowest BCUT2D eigenvalue weighted by atomic mass is 10.2. The van der Waals surface area contributed by atoms with Crippen molar-refractivity contribution in [3.05, 3.63) is 42.0 Å². The van der Waals surface area contributed by atoms with Crippen molar-refractivity contribution in [2.75, 3.05) is 7.11 Å². The molecule has 5 heteroatoms. The molecule has 0 N–H and O–H groups in total. The lowest BCUT2D eigenvalue weighted by molar-refractivity contribution is 0.0981. The van der Waals surface area contributed by atoms with Gasteiger partial charge in [0.2, 0.25) is 5.88 Å². The molecule has 82 valence electrons. The number of Topliss-reactive ketones (excluding diaryl/α,β-unsaturated/α-hetero) is 1. The van der Waals surface area contributed by atoms with Crippen LogP contribution in [0, 0.1) is 0 Å². The number of hydrogen-bond donors (Lipinski definition) is 0. The number of nitrogens with zero attached hydrogens (tertiary/aromatic N) is 2. The zero-order chi connectivity index (χ0) is 11.4. The monoisotopic (exact) mass is 218 g/mol. The quantitative estimate of drug-likeness (QED) is 0.727. The standard InChI is InChI=1S/C11H10N2O3/c1-15-11-5-4-9(12-13-11)10(14)7-8-3-2-6-16-8/h2-6H,7H2,1H3. The molecule has 0 spiro atoms. The number of ether oxygens (including phenoxy) is 1. The van der Waals surface area contributed by atoms with Gasteiger partial charge in [0.15, 0.2) is 5.78 Å². The van der Waals surface area contributed by atoms with E-state index >= 15 is 0 Å². The molecule has 0 fully saturated rings. The normalized spacial score (nSPS) is 10.1. The number of carbonyl (C=O) groups is 1. The third kappa shape index (κ3) is 2.25. The molecule has 2 aromatic rings. The molecule has 0 atom stereocenters. The van der Waals surface area contributed by atoms with Crippen LogP contribution in [0.5, 0.6) is 5.88 Å². The Hall–Kier alpha value is -2.17. The molecule has 0 unspecified atom stereocenters. The SMILES string of the molecule is COc1ccc(C(=O)Cc2ccco2)nn1. The lowest BCUT2D eigenvalue weighted by Gasteiger charge is -1.99. The summed E-state index contributed by atoms with van der Waals surface area (Å²) in [5, 5.41) is 7.49. The van der Waals surface area contributed by atoms with Crippen molar-refractivity contribution in [3.8, 4) is 5.88 Å². The van der Waals surface area contributed by atoms with Crippen LogP contribution in [-0.2, 0) is 6.42 Å². The maximum Gasteiger partial charge on any atom is 0.233 e. The van der Waals surface area contributed by atoms with Crippen molar-refractivity contribution < 1.29 is 13.9 Å². The van der Waals surface area contributed by atoms with Crippen LogP contribution in [-0.4, -0.2) is 23.1 Å². The number of hydrogen-bond acceptors (Lipinski definition) is 5. The van der Waals surface area contributed by atoms with E-state index in [1.54, 1.807) is 24.3 Å². The maximum atomic E-state index is 11.7. The number of ketones is 1. The van der Waals surface area contributed by atoms with E-state index < -0.39 is 0 Å². The Morgan fingerprint density at radius 3 is 2.81 bits per heavy atom. The minimum atomic E-state index is -0.134. The summed E-state index contributed by atoms with van der Waals surface area (Å²) in [5.41, 5.74) is 0.303. The van der Waals surface area contributed by atoms with Crippen LogP contribution < -0.4 is 4.74 Å². The van der Waals surface area contributed by atoms with E-state index in [1.807, 2.05) is 0 Å². The zero-order valence-corrected chi connectivity index (χ0v) is 8.71. The van der Waals surface area contributed by atoms with Gasteiger partial charge in [0.05, 0.1) is 19.8 Å². The van der Waals surface area contributed by atoms with Crippen LogP contribution in [0.3, 0.4) is 0 Å². The van der Waals surface area contributed by atoms with Gasteiger partial charge in [-0.1, -0.05) is 0 Å². The molecule has 0 aliphatic rings. The van der Waals surface area contributed by atoms with Crippen molar-refractivity contribution in [2.24, 2.45) is 0 Å². The third-order valence-electron chi connectivity index (χ3n) is 2.05. The second-order valence-electron chi connectivity index (χ2n) is 3.14. The molecule has 0 saturated carbocycles. The molecule has 2 heterocycles. The molecule has 0 aromatic carbocycles. The van der Waals surface area contributed by atoms with Crippen LogP contribution in [0.1, 0.15) is 16.2 Å². The Morgan fingerprint density at radius 2 is 2.25 bits per heavy atom. The second kappa shape index (κ2) is 4.57. The molecule has 0 bridgehead atoms. The minimum Gasteiger partial charge on any atom is -0.480 e. The van der Waals surface area contributed by atoms with Crippen LogP contribution in [0.25, 0.3) is 0 Å². The molecule has 2 aromatic heterocycles. The van der Waals surface area contributed by atoms with Crippen LogP contribution in [0.15, 0.2) is 34.9 Å². The Bertz CT molecular complexity index is 462. The van der Waals surface area contributed by atoms with Crippen molar-refractivity contribution in [1.29, 1.82) is 0 Å². The number of carbonyl (C=O) groups excluding carboxylic acids is 1. The van der Waals surface area contributed by atoms with E-state index in [0.717, 1.165) is 0 Å². The third-order valence-corrected chi connectivity index (χ3v) is 2.05. The Balaban J connectivity index is 2.09. The van der Waals surface area contributed by atoms with E-state index in [9.17, 15) is 4.79 Å². The van der Waals surface area contributed by atoms with E-state index in [-0.39, 0.29) is 12.2 Å². The van der Waals surface area contributed by atoms with Gasteiger partial charge in [-0.3, -0.25) is 4.79 Å². The van der Waals surface area contributed by atoms with Crippen LogP contribution >= 0.6 is 0 Å². The first-order chi connectivity index (χ1) is 7.79. The lowest BCUT2D eigenvalue weighted by Crippen LogP contribution is -2.06. The minimum absolute atomic E-state index is 0.134. The zero-order valence-electron chi connectivity index (χ0n) is 8.71. The fraction of sp³-hybridized carbons (Fsp3) is 0.182. The van der Waals surface area contributed by atoms with Gasteiger partial charge < -0.3 is 9.15 Å². The van der Waals surface area contributed by atoms with Crippen molar-refractivity contribution in [1.82, 2.24) is 10.2 Å². The molecule has 0 saturated heterocycles. The van der Waals surface area contributed by atoms with Crippen molar-refractivity contribution in [3.63, 3.8) is 0 Å². The van der Waals surface area contributed by atoms with Gasteiger partial charge in [-0.15, -0.1) is 10.2 Å². The summed E-state index contributed by atoms with van der Waals surface area (Å²) in [4.78, 5) is 11.7. The van der Waals surface area contributed by atoms with E-state index in [0.29, 0.717) is 17.3 Å². The summed E-state index contributed by atoms with van der Waals surface area (Å²) in [6, 6.07) is 6.66. The molecule has 16 heavy (non-hydrogen) atoms. The first-order valence-electron chi connectivity index (χ1n) is 4.73. The predicted molar refractivity (Wildman–Crippen MR) is 55.3 cm³/mol. The van der Waals surface area contributed by atoms with E-state index in [4.69, 9.17) is 9.15 Å². The molecule has 5 nitrogen and oxygen atoms in total. The molecular weight excluding hydrogens is 208 g/mol. The maximum absolute atomic E-state index is 11.7. The van der Waals surface area contributed by atoms with Gasteiger partial charge >= 0.3 is 0 Å². The number of methoxy groups -OCH3 is 1. The Kier molecular flexibility index (Phi) is 2.95. The van der Waals surface area contributed by atoms with Crippen molar-refractivity contribution in [2.45, 2.75) is 6.42 Å². The molecule has 0 amide bonds. The summed E-state index contributed by atoms with van der Waals surface area (Å²) in [7, 11) is 1.49. The Labute approximate surface area is 92.1 Å². The summed E-state index contributed by atoms with van der Waals surface area (Å²) in [5.74, 6) is 0.863. The fourth-order valence-corrected chi connectivity index (χ4v) is 1.24. The average Bonchev–Trinajstić information content (AvgIpc) is 2.82. The van der Waals surface area contributed by atoms with Gasteiger partial charge in [-0.25, -0.2) is 0 Å². The molecule has 0 radical (unpaired) electrons. The molecular formula is C11H10N2O3. The average molecular weight is 218 g/mol. The van der Waals surface area contributed by atoms with Gasteiger partial charge in [0.1, 0.15) is 11.5 Å². The molecule has 0 aliphatic carbocycles. The van der Waals surface area contributed by atoms with Gasteiger partial charge in [0, 0.05) is 6.07 Å². The number of furan rings is 1. The largest absolute Gasteiger partial charge is 0.480 e. The van der Waals surface area contributed by atoms with Crippen LogP contribution in [0.4, 0.5) is 0 Å². The summed E-state index contributed by atoms with van der Waals surface area (Å²) in [6.07, 6.45) is 1.72. The second-order valence-corrected chi connectivity index (χ2v) is 3.14. The van der Waals surface area contributed by atoms with Crippen LogP contribution in [0.2, 0.25) is 0 Å². The van der Waals surface area contributed by atoms with Gasteiger partial charge in [-0.05, 0) is 18.2 Å². The highest BCUT2D eigenvalue weighted by Gasteiger charge is 2.10. The molecule has 2 rings (SSSR count). The summed E-state index contributed by atoms with van der Waals surface area (Å²) >= 11 is 0. The van der Waals surface area contributed by atoms with E-state index in [2.05, 4.69) is 10.2 Å². The highest BCUT2D eigenvalue weighted by Crippen LogP contribution is 2.08. The number of rotatable bonds is 4. The first-order valence-corrected chi connectivity index (χ1v) is 4.73. The fourth-order valence-electron chi connectivity index (χ4n) is 1.24. The Morgan fingerprint density at radius 1 is 1.38 bits per heavy atom. The summed E-state index contributed by atoms with van der Waals surface area (Å²) < 4.78 is 9.93. The van der Waals surface area contributed by atoms with Crippen molar-refractivity contribution >= 4 is 5.78 Å². The summed E-state index contributed by atoms with van der Waals surface area (Å²) in [6.45, 7) is 0. The highest BCUT2D eigenvalue weighted by molar-refractivity contribution is 5.95. The van der Waals surface area contributed by atoms with Gasteiger partial charge in [0.25, 0.3) is 0 Å². The molecule has 0 aliphatic heterocycles. The van der Waals surface area contributed by atoms with Gasteiger partial charge in [-0.2, -0.15) is 0 Å². The van der Waals surface area contributed by atoms with E-state index in [1.165, 1.54) is 13.4 Å². The smallest absolute Gasteiger partial charge is 0.233 e.